The van der Waals surface area contributed by atoms with Crippen LogP contribution in [-0.2, 0) is 14.3 Å². The third-order valence-electron chi connectivity index (χ3n) is 7.41. The lowest BCUT2D eigenvalue weighted by atomic mass is 9.55. The van der Waals surface area contributed by atoms with Gasteiger partial charge >= 0.3 is 5.97 Å². The van der Waals surface area contributed by atoms with Gasteiger partial charge in [-0.05, 0) is 34.4 Å². The summed E-state index contributed by atoms with van der Waals surface area (Å²) in [6.45, 7) is -0.0271. The first-order valence-corrected chi connectivity index (χ1v) is 11.4. The van der Waals surface area contributed by atoms with Crippen molar-refractivity contribution in [2.45, 2.75) is 11.8 Å². The molecule has 0 saturated carbocycles. The highest BCUT2D eigenvalue weighted by molar-refractivity contribution is 6.07. The molecule has 2 amide bonds. The predicted octanol–water partition coefficient (Wildman–Crippen LogP) is 3.74. The second-order valence-electron chi connectivity index (χ2n) is 8.93. The molecule has 0 spiro atoms. The van der Waals surface area contributed by atoms with Crippen molar-refractivity contribution < 1.29 is 23.9 Å². The molecule has 0 radical (unpaired) electrons. The number of para-hydroxylation sites is 1. The van der Waals surface area contributed by atoms with Crippen molar-refractivity contribution in [3.8, 4) is 5.75 Å². The molecule has 1 saturated heterocycles. The number of hydrogen-bond acceptors (Lipinski definition) is 5. The van der Waals surface area contributed by atoms with Crippen LogP contribution in [0.25, 0.3) is 0 Å². The van der Waals surface area contributed by atoms with E-state index in [-0.39, 0.29) is 36.8 Å². The molecule has 7 rings (SSSR count). The van der Waals surface area contributed by atoms with Gasteiger partial charge in [-0.3, -0.25) is 14.5 Å². The van der Waals surface area contributed by atoms with Crippen molar-refractivity contribution in [2.24, 2.45) is 11.8 Å². The third kappa shape index (κ3) is 2.84. The molecule has 34 heavy (non-hydrogen) atoms. The summed E-state index contributed by atoms with van der Waals surface area (Å²) in [6, 6.07) is 23.1. The number of imide groups is 1. The Balaban J connectivity index is 1.26. The predicted molar refractivity (Wildman–Crippen MR) is 124 cm³/mol. The van der Waals surface area contributed by atoms with Gasteiger partial charge in [0.05, 0.1) is 25.5 Å². The highest BCUT2D eigenvalue weighted by atomic mass is 16.5. The zero-order valence-electron chi connectivity index (χ0n) is 18.6. The van der Waals surface area contributed by atoms with Gasteiger partial charge in [-0.25, -0.2) is 4.79 Å². The van der Waals surface area contributed by atoms with E-state index in [1.807, 2.05) is 24.3 Å². The summed E-state index contributed by atoms with van der Waals surface area (Å²) in [5, 5.41) is 0. The average molecular weight is 453 g/mol. The average Bonchev–Trinajstić information content (AvgIpc) is 3.14. The monoisotopic (exact) mass is 453 g/mol. The quantitative estimate of drug-likeness (QED) is 0.435. The minimum absolute atomic E-state index is 0.0394. The highest BCUT2D eigenvalue weighted by Crippen LogP contribution is 2.60. The van der Waals surface area contributed by atoms with Gasteiger partial charge in [0.1, 0.15) is 17.9 Å². The first-order valence-electron chi connectivity index (χ1n) is 11.4. The molecular formula is C28H23NO5. The molecule has 170 valence electrons. The van der Waals surface area contributed by atoms with Crippen molar-refractivity contribution in [2.75, 3.05) is 20.3 Å². The molecule has 3 aromatic rings. The molecule has 4 aliphatic rings. The van der Waals surface area contributed by atoms with E-state index in [1.165, 1.54) is 12.0 Å². The Kier molecular flexibility index (Phi) is 4.76. The van der Waals surface area contributed by atoms with E-state index in [0.717, 1.165) is 22.3 Å². The first kappa shape index (κ1) is 20.7. The fraction of sp³-hybridized carbons (Fsp3) is 0.250. The van der Waals surface area contributed by atoms with E-state index in [9.17, 15) is 14.4 Å². The minimum Gasteiger partial charge on any atom is -0.496 e. The summed E-state index contributed by atoms with van der Waals surface area (Å²) >= 11 is 0. The molecular weight excluding hydrogens is 430 g/mol. The number of nitrogens with zero attached hydrogens (tertiary/aromatic N) is 1. The van der Waals surface area contributed by atoms with Crippen molar-refractivity contribution in [1.29, 1.82) is 0 Å². The number of ether oxygens (including phenoxy) is 2. The Hall–Kier alpha value is -3.93. The van der Waals surface area contributed by atoms with Crippen LogP contribution in [0, 0.1) is 11.8 Å². The lowest BCUT2D eigenvalue weighted by Gasteiger charge is -2.45. The molecule has 2 atom stereocenters. The van der Waals surface area contributed by atoms with Gasteiger partial charge in [-0.15, -0.1) is 0 Å². The van der Waals surface area contributed by atoms with Crippen LogP contribution >= 0.6 is 0 Å². The van der Waals surface area contributed by atoms with Crippen LogP contribution in [0.15, 0.2) is 72.8 Å². The van der Waals surface area contributed by atoms with Crippen LogP contribution in [0.5, 0.6) is 5.75 Å². The summed E-state index contributed by atoms with van der Waals surface area (Å²) in [6.07, 6.45) is 0. The SMILES string of the molecule is COc1ccccc1C(=O)OCCN1C(=O)C2C3c4ccccc4C(c4ccccc43)C2C1=O. The molecule has 6 heteroatoms. The number of rotatable bonds is 5. The number of hydrogen-bond donors (Lipinski definition) is 0. The Morgan fingerprint density at radius 2 is 1.24 bits per heavy atom. The van der Waals surface area contributed by atoms with Gasteiger partial charge in [0.25, 0.3) is 0 Å². The van der Waals surface area contributed by atoms with Crippen molar-refractivity contribution in [1.82, 2.24) is 4.90 Å². The van der Waals surface area contributed by atoms with Gasteiger partial charge in [0.15, 0.2) is 0 Å². The smallest absolute Gasteiger partial charge is 0.341 e. The maximum absolute atomic E-state index is 13.6. The lowest BCUT2D eigenvalue weighted by Crippen LogP contribution is -2.41. The van der Waals surface area contributed by atoms with Crippen LogP contribution < -0.4 is 4.74 Å². The zero-order chi connectivity index (χ0) is 23.4. The summed E-state index contributed by atoms with van der Waals surface area (Å²) in [7, 11) is 1.49. The van der Waals surface area contributed by atoms with E-state index in [4.69, 9.17) is 9.47 Å². The number of carbonyl (C=O) groups excluding carboxylic acids is 3. The largest absolute Gasteiger partial charge is 0.496 e. The topological polar surface area (TPSA) is 72.9 Å². The molecule has 0 N–H and O–H groups in total. The third-order valence-corrected chi connectivity index (χ3v) is 7.41. The van der Waals surface area contributed by atoms with Gasteiger partial charge in [-0.1, -0.05) is 60.7 Å². The maximum atomic E-state index is 13.6. The Morgan fingerprint density at radius 1 is 0.765 bits per heavy atom. The fourth-order valence-corrected chi connectivity index (χ4v) is 6.08. The number of methoxy groups -OCH3 is 1. The van der Waals surface area contributed by atoms with E-state index in [0.29, 0.717) is 11.3 Å². The van der Waals surface area contributed by atoms with Crippen LogP contribution in [0.1, 0.15) is 44.4 Å². The maximum Gasteiger partial charge on any atom is 0.341 e. The number of likely N-dealkylation sites (tertiary alicyclic amines) is 1. The second-order valence-corrected chi connectivity index (χ2v) is 8.93. The molecule has 6 nitrogen and oxygen atoms in total. The molecule has 3 aliphatic carbocycles. The van der Waals surface area contributed by atoms with Crippen molar-refractivity contribution >= 4 is 17.8 Å². The number of amides is 2. The summed E-state index contributed by atoms with van der Waals surface area (Å²) in [4.78, 5) is 40.9. The van der Waals surface area contributed by atoms with Crippen molar-refractivity contribution in [3.63, 3.8) is 0 Å². The lowest BCUT2D eigenvalue weighted by molar-refractivity contribution is -0.140. The first-order chi connectivity index (χ1) is 16.6. The number of benzene rings is 3. The molecule has 2 bridgehead atoms. The van der Waals surface area contributed by atoms with E-state index in [1.54, 1.807) is 24.3 Å². The van der Waals surface area contributed by atoms with Gasteiger partial charge in [0, 0.05) is 11.8 Å². The zero-order valence-corrected chi connectivity index (χ0v) is 18.6. The summed E-state index contributed by atoms with van der Waals surface area (Å²) < 4.78 is 10.6. The standard InChI is InChI=1S/C28H23NO5/c1-33-21-13-7-6-12-20(21)28(32)34-15-14-29-26(30)24-22-16-8-2-3-9-17(16)23(25(24)27(29)31)19-11-5-4-10-18(19)22/h2-13,22-25H,14-15H2,1H3. The number of carbonyl (C=O) groups is 3. The van der Waals surface area contributed by atoms with E-state index >= 15 is 0 Å². The normalized spacial score (nSPS) is 23.9. The molecule has 0 aromatic heterocycles. The molecule has 1 heterocycles. The summed E-state index contributed by atoms with van der Waals surface area (Å²) in [5.41, 5.74) is 4.86. The minimum atomic E-state index is -0.547. The Morgan fingerprint density at radius 3 is 1.74 bits per heavy atom. The fourth-order valence-electron chi connectivity index (χ4n) is 6.08. The molecule has 1 aliphatic heterocycles. The van der Waals surface area contributed by atoms with E-state index < -0.39 is 17.8 Å². The molecule has 2 unspecified atom stereocenters. The van der Waals surface area contributed by atoms with Crippen molar-refractivity contribution in [3.05, 3.63) is 101 Å². The van der Waals surface area contributed by atoms with Crippen LogP contribution in [-0.4, -0.2) is 42.9 Å². The van der Waals surface area contributed by atoms with E-state index in [2.05, 4.69) is 24.3 Å². The van der Waals surface area contributed by atoms with Crippen LogP contribution in [0.4, 0.5) is 0 Å². The molecule has 3 aromatic carbocycles. The van der Waals surface area contributed by atoms with Gasteiger partial charge in [0.2, 0.25) is 11.8 Å². The summed E-state index contributed by atoms with van der Waals surface area (Å²) in [5.74, 6) is -1.61. The van der Waals surface area contributed by atoms with Gasteiger partial charge in [-0.2, -0.15) is 0 Å². The van der Waals surface area contributed by atoms with Crippen LogP contribution in [0.2, 0.25) is 0 Å². The number of esters is 1. The van der Waals surface area contributed by atoms with Gasteiger partial charge < -0.3 is 9.47 Å². The second kappa shape index (κ2) is 7.83. The Labute approximate surface area is 197 Å². The molecule has 1 fully saturated rings. The highest BCUT2D eigenvalue weighted by Gasteiger charge is 2.61. The van der Waals surface area contributed by atoms with Crippen LogP contribution in [0.3, 0.4) is 0 Å². The Bertz CT molecular complexity index is 1220.